The van der Waals surface area contributed by atoms with Gasteiger partial charge in [0.05, 0.1) is 5.75 Å². The average Bonchev–Trinajstić information content (AvgIpc) is 3.39. The fourth-order valence-electron chi connectivity index (χ4n) is 4.62. The molecule has 0 atom stereocenters. The van der Waals surface area contributed by atoms with Crippen LogP contribution in [-0.4, -0.2) is 37.3 Å². The molecule has 0 bridgehead atoms. The first-order valence-electron chi connectivity index (χ1n) is 12.8. The number of aromatic nitrogens is 4. The maximum Gasteiger partial charge on any atom is 0.234 e. The van der Waals surface area contributed by atoms with Crippen LogP contribution >= 0.6 is 11.8 Å². The molecule has 38 heavy (non-hydrogen) atoms. The Kier molecular flexibility index (Phi) is 8.13. The Bertz CT molecular complexity index is 1400. The molecule has 1 aliphatic rings. The molecule has 0 aliphatic heterocycles. The van der Waals surface area contributed by atoms with Crippen LogP contribution in [0.2, 0.25) is 0 Å². The van der Waals surface area contributed by atoms with Crippen LogP contribution in [0.25, 0.3) is 17.1 Å². The lowest BCUT2D eigenvalue weighted by molar-refractivity contribution is -0.120. The second-order valence-corrected chi connectivity index (χ2v) is 10.3. The van der Waals surface area contributed by atoms with E-state index >= 15 is 0 Å². The molecule has 0 radical (unpaired) electrons. The van der Waals surface area contributed by atoms with Crippen molar-refractivity contribution in [2.45, 2.75) is 44.2 Å². The molecule has 1 aliphatic carbocycles. The van der Waals surface area contributed by atoms with Crippen molar-refractivity contribution in [1.29, 1.82) is 0 Å². The Morgan fingerprint density at radius 3 is 2.47 bits per heavy atom. The van der Waals surface area contributed by atoms with Crippen LogP contribution < -0.4 is 10.6 Å². The van der Waals surface area contributed by atoms with E-state index in [1.165, 1.54) is 18.2 Å². The van der Waals surface area contributed by atoms with E-state index < -0.39 is 0 Å². The number of benzene rings is 2. The smallest absolute Gasteiger partial charge is 0.234 e. The summed E-state index contributed by atoms with van der Waals surface area (Å²) >= 11 is 1.32. The predicted octanol–water partition coefficient (Wildman–Crippen LogP) is 5.89. The van der Waals surface area contributed by atoms with Crippen molar-refractivity contribution in [1.82, 2.24) is 19.7 Å². The standard InChI is InChI=1S/C29H30N6O2S/c1-20-12-13-23(31-28(37)22-8-4-2-5-9-22)18-25(20)32-26(36)19-38-29-34-33-27(21-14-16-30-17-15-21)35(29)24-10-6-3-7-11-24/h3,6-7,10-18,22H,2,4-5,8-9,19H2,1H3,(H,31,37)(H,32,36). The maximum absolute atomic E-state index is 13.0. The zero-order valence-electron chi connectivity index (χ0n) is 21.3. The van der Waals surface area contributed by atoms with E-state index in [-0.39, 0.29) is 23.5 Å². The minimum Gasteiger partial charge on any atom is -0.326 e. The first-order valence-corrected chi connectivity index (χ1v) is 13.8. The monoisotopic (exact) mass is 526 g/mol. The van der Waals surface area contributed by atoms with Gasteiger partial charge in [-0.05, 0) is 61.7 Å². The molecule has 0 spiro atoms. The van der Waals surface area contributed by atoms with E-state index in [9.17, 15) is 9.59 Å². The molecule has 2 aromatic heterocycles. The lowest BCUT2D eigenvalue weighted by Gasteiger charge is -2.21. The van der Waals surface area contributed by atoms with E-state index in [1.54, 1.807) is 12.4 Å². The quantitative estimate of drug-likeness (QED) is 0.278. The van der Waals surface area contributed by atoms with Crippen molar-refractivity contribution in [3.63, 3.8) is 0 Å². The minimum atomic E-state index is -0.165. The molecular weight excluding hydrogens is 496 g/mol. The molecule has 1 saturated carbocycles. The van der Waals surface area contributed by atoms with Crippen molar-refractivity contribution in [2.24, 2.45) is 5.92 Å². The molecule has 0 unspecified atom stereocenters. The molecule has 2 amide bonds. The van der Waals surface area contributed by atoms with Gasteiger partial charge in [0.2, 0.25) is 11.8 Å². The fraction of sp³-hybridized carbons (Fsp3) is 0.276. The maximum atomic E-state index is 13.0. The van der Waals surface area contributed by atoms with Gasteiger partial charge in [0, 0.05) is 40.9 Å². The van der Waals surface area contributed by atoms with Gasteiger partial charge in [0.1, 0.15) is 0 Å². The number of carbonyl (C=O) groups is 2. The summed E-state index contributed by atoms with van der Waals surface area (Å²) in [5, 5.41) is 15.4. The number of nitrogens with one attached hydrogen (secondary N) is 2. The molecule has 4 aromatic rings. The Morgan fingerprint density at radius 2 is 1.71 bits per heavy atom. The van der Waals surface area contributed by atoms with Gasteiger partial charge in [-0.2, -0.15) is 0 Å². The third-order valence-electron chi connectivity index (χ3n) is 6.67. The number of nitrogens with zero attached hydrogens (tertiary/aromatic N) is 4. The number of carbonyl (C=O) groups excluding carboxylic acids is 2. The van der Waals surface area contributed by atoms with E-state index in [1.807, 2.05) is 72.2 Å². The molecule has 1 fully saturated rings. The summed E-state index contributed by atoms with van der Waals surface area (Å²) in [6.07, 6.45) is 8.72. The first-order chi connectivity index (χ1) is 18.6. The topological polar surface area (TPSA) is 102 Å². The Hall–Kier alpha value is -3.98. The summed E-state index contributed by atoms with van der Waals surface area (Å²) in [6.45, 7) is 1.93. The Morgan fingerprint density at radius 1 is 0.947 bits per heavy atom. The van der Waals surface area contributed by atoms with Crippen LogP contribution in [-0.2, 0) is 9.59 Å². The molecular formula is C29H30N6O2S. The highest BCUT2D eigenvalue weighted by molar-refractivity contribution is 7.99. The van der Waals surface area contributed by atoms with Crippen LogP contribution in [0, 0.1) is 12.8 Å². The first kappa shape index (κ1) is 25.7. The number of anilines is 2. The summed E-state index contributed by atoms with van der Waals surface area (Å²) in [6, 6.07) is 19.2. The Balaban J connectivity index is 1.28. The van der Waals surface area contributed by atoms with Gasteiger partial charge in [0.15, 0.2) is 11.0 Å². The van der Waals surface area contributed by atoms with Crippen molar-refractivity contribution >= 4 is 35.0 Å². The number of aryl methyl sites for hydroxylation is 1. The number of hydrogen-bond donors (Lipinski definition) is 2. The van der Waals surface area contributed by atoms with E-state index in [0.717, 1.165) is 42.5 Å². The largest absolute Gasteiger partial charge is 0.326 e. The zero-order valence-corrected chi connectivity index (χ0v) is 22.1. The summed E-state index contributed by atoms with van der Waals surface area (Å²) in [4.78, 5) is 29.7. The minimum absolute atomic E-state index is 0.0617. The molecule has 5 rings (SSSR count). The van der Waals surface area contributed by atoms with Crippen molar-refractivity contribution in [3.05, 3.63) is 78.6 Å². The van der Waals surface area contributed by atoms with Gasteiger partial charge in [-0.15, -0.1) is 10.2 Å². The third kappa shape index (κ3) is 6.11. The lowest BCUT2D eigenvalue weighted by Crippen LogP contribution is -2.24. The van der Waals surface area contributed by atoms with Crippen LogP contribution in [0.5, 0.6) is 0 Å². The molecule has 2 aromatic carbocycles. The number of rotatable bonds is 8. The van der Waals surface area contributed by atoms with Gasteiger partial charge in [-0.25, -0.2) is 0 Å². The summed E-state index contributed by atoms with van der Waals surface area (Å²) in [7, 11) is 0. The SMILES string of the molecule is Cc1ccc(NC(=O)C2CCCCC2)cc1NC(=O)CSc1nnc(-c2ccncc2)n1-c1ccccc1. The normalized spacial score (nSPS) is 13.7. The average molecular weight is 527 g/mol. The van der Waals surface area contributed by atoms with Gasteiger partial charge < -0.3 is 10.6 Å². The van der Waals surface area contributed by atoms with Crippen molar-refractivity contribution in [3.8, 4) is 17.1 Å². The highest BCUT2D eigenvalue weighted by Crippen LogP contribution is 2.29. The third-order valence-corrected chi connectivity index (χ3v) is 7.60. The molecule has 9 heteroatoms. The lowest BCUT2D eigenvalue weighted by atomic mass is 9.88. The second-order valence-electron chi connectivity index (χ2n) is 9.40. The van der Waals surface area contributed by atoms with Crippen molar-refractivity contribution < 1.29 is 9.59 Å². The summed E-state index contributed by atoms with van der Waals surface area (Å²) in [5.74, 6) is 0.796. The van der Waals surface area contributed by atoms with Crippen molar-refractivity contribution in [2.75, 3.05) is 16.4 Å². The predicted molar refractivity (Wildman–Crippen MR) is 150 cm³/mol. The van der Waals surface area contributed by atoms with Crippen LogP contribution in [0.15, 0.2) is 78.2 Å². The number of thioether (sulfide) groups is 1. The summed E-state index contributed by atoms with van der Waals surface area (Å²) in [5.41, 5.74) is 4.09. The molecule has 2 N–H and O–H groups in total. The number of pyridine rings is 1. The highest BCUT2D eigenvalue weighted by atomic mass is 32.2. The summed E-state index contributed by atoms with van der Waals surface area (Å²) < 4.78 is 1.94. The molecule has 194 valence electrons. The van der Waals surface area contributed by atoms with Crippen LogP contribution in [0.3, 0.4) is 0 Å². The number of amides is 2. The molecule has 2 heterocycles. The van der Waals surface area contributed by atoms with Gasteiger partial charge >= 0.3 is 0 Å². The van der Waals surface area contributed by atoms with E-state index in [0.29, 0.717) is 22.4 Å². The molecule has 0 saturated heterocycles. The number of para-hydroxylation sites is 1. The van der Waals surface area contributed by atoms with Crippen LogP contribution in [0.4, 0.5) is 11.4 Å². The van der Waals surface area contributed by atoms with E-state index in [2.05, 4.69) is 25.8 Å². The van der Waals surface area contributed by atoms with Gasteiger partial charge in [-0.1, -0.05) is 55.3 Å². The van der Waals surface area contributed by atoms with E-state index in [4.69, 9.17) is 0 Å². The highest BCUT2D eigenvalue weighted by Gasteiger charge is 2.21. The van der Waals surface area contributed by atoms with Crippen LogP contribution in [0.1, 0.15) is 37.7 Å². The van der Waals surface area contributed by atoms with Gasteiger partial charge in [0.25, 0.3) is 0 Å². The van der Waals surface area contributed by atoms with Gasteiger partial charge in [-0.3, -0.25) is 19.1 Å². The number of hydrogen-bond acceptors (Lipinski definition) is 6. The Labute approximate surface area is 226 Å². The fourth-order valence-corrected chi connectivity index (χ4v) is 5.37. The molecule has 8 nitrogen and oxygen atoms in total. The zero-order chi connectivity index (χ0) is 26.3. The second kappa shape index (κ2) is 12.0.